The van der Waals surface area contributed by atoms with Crippen LogP contribution in [-0.2, 0) is 0 Å². The van der Waals surface area contributed by atoms with Gasteiger partial charge >= 0.3 is 12.0 Å². The Morgan fingerprint density at radius 3 is 2.81 bits per heavy atom. The van der Waals surface area contributed by atoms with E-state index < -0.39 is 5.97 Å². The molecule has 2 amide bonds. The van der Waals surface area contributed by atoms with Crippen LogP contribution in [0.3, 0.4) is 0 Å². The highest BCUT2D eigenvalue weighted by Crippen LogP contribution is 2.24. The molecule has 1 aromatic rings. The molecule has 2 rings (SSSR count). The number of carbonyl (C=O) groups excluding carboxylic acids is 1. The molecule has 1 aromatic carbocycles. The lowest BCUT2D eigenvalue weighted by atomic mass is 10.0. The van der Waals surface area contributed by atoms with Crippen LogP contribution in [0.25, 0.3) is 0 Å². The lowest BCUT2D eigenvalue weighted by Crippen LogP contribution is -2.45. The van der Waals surface area contributed by atoms with Crippen LogP contribution in [0.5, 0.6) is 5.75 Å². The van der Waals surface area contributed by atoms with Crippen LogP contribution in [-0.4, -0.2) is 39.7 Å². The summed E-state index contributed by atoms with van der Waals surface area (Å²) in [5, 5.41) is 21.1. The molecule has 21 heavy (non-hydrogen) atoms. The fourth-order valence-electron chi connectivity index (χ4n) is 2.67. The fourth-order valence-corrected chi connectivity index (χ4v) is 2.67. The zero-order valence-electron chi connectivity index (χ0n) is 12.0. The molecule has 0 saturated carbocycles. The number of carboxylic acids is 1. The molecule has 1 unspecified atom stereocenters. The molecule has 1 saturated heterocycles. The minimum absolute atomic E-state index is 0.219. The predicted molar refractivity (Wildman–Crippen MR) is 78.7 cm³/mol. The Morgan fingerprint density at radius 2 is 2.14 bits per heavy atom. The first-order valence-corrected chi connectivity index (χ1v) is 7.17. The Bertz CT molecular complexity index is 544. The van der Waals surface area contributed by atoms with E-state index in [0.29, 0.717) is 12.2 Å². The van der Waals surface area contributed by atoms with Crippen molar-refractivity contribution in [2.24, 2.45) is 0 Å². The third-order valence-electron chi connectivity index (χ3n) is 3.84. The van der Waals surface area contributed by atoms with Crippen LogP contribution in [0.4, 0.5) is 10.5 Å². The summed E-state index contributed by atoms with van der Waals surface area (Å²) < 4.78 is 0. The summed E-state index contributed by atoms with van der Waals surface area (Å²) in [5.74, 6) is -1.54. The topological polar surface area (TPSA) is 89.9 Å². The summed E-state index contributed by atoms with van der Waals surface area (Å²) >= 11 is 0. The number of rotatable bonds is 3. The molecular weight excluding hydrogens is 272 g/mol. The maximum atomic E-state index is 12.3. The maximum Gasteiger partial charge on any atom is 0.339 e. The van der Waals surface area contributed by atoms with Gasteiger partial charge in [-0.1, -0.05) is 6.92 Å². The van der Waals surface area contributed by atoms with Gasteiger partial charge in [-0.05, 0) is 43.9 Å². The normalized spacial score (nSPS) is 18.3. The number of carboxylic acid groups (broad SMARTS) is 1. The number of piperidine rings is 1. The van der Waals surface area contributed by atoms with Crippen molar-refractivity contribution >= 4 is 17.7 Å². The van der Waals surface area contributed by atoms with Crippen molar-refractivity contribution in [2.45, 2.75) is 38.6 Å². The van der Waals surface area contributed by atoms with Crippen LogP contribution in [0.1, 0.15) is 43.0 Å². The van der Waals surface area contributed by atoms with E-state index in [1.807, 2.05) is 0 Å². The van der Waals surface area contributed by atoms with Crippen molar-refractivity contribution in [3.05, 3.63) is 23.8 Å². The van der Waals surface area contributed by atoms with Crippen molar-refractivity contribution in [1.29, 1.82) is 0 Å². The molecule has 0 radical (unpaired) electrons. The Hall–Kier alpha value is -2.24. The van der Waals surface area contributed by atoms with E-state index in [-0.39, 0.29) is 23.4 Å². The highest BCUT2D eigenvalue weighted by Gasteiger charge is 2.25. The lowest BCUT2D eigenvalue weighted by molar-refractivity contribution is 0.0693. The van der Waals surface area contributed by atoms with Crippen molar-refractivity contribution in [3.8, 4) is 5.75 Å². The zero-order valence-corrected chi connectivity index (χ0v) is 12.0. The Kier molecular flexibility index (Phi) is 4.67. The Morgan fingerprint density at radius 1 is 1.38 bits per heavy atom. The minimum atomic E-state index is -1.23. The van der Waals surface area contributed by atoms with Crippen molar-refractivity contribution in [3.63, 3.8) is 0 Å². The second kappa shape index (κ2) is 6.47. The number of hydrogen-bond acceptors (Lipinski definition) is 3. The van der Waals surface area contributed by atoms with Crippen molar-refractivity contribution in [1.82, 2.24) is 4.90 Å². The molecule has 1 fully saturated rings. The predicted octanol–water partition coefficient (Wildman–Crippen LogP) is 2.89. The number of urea groups is 1. The number of likely N-dealkylation sites (tertiary alicyclic amines) is 1. The van der Waals surface area contributed by atoms with E-state index in [9.17, 15) is 14.7 Å². The first-order chi connectivity index (χ1) is 10.0. The molecular formula is C15H20N2O4. The number of aromatic carboxylic acids is 1. The van der Waals surface area contributed by atoms with Crippen molar-refractivity contribution < 1.29 is 19.8 Å². The highest BCUT2D eigenvalue weighted by molar-refractivity contribution is 5.95. The van der Waals surface area contributed by atoms with Crippen LogP contribution >= 0.6 is 0 Å². The van der Waals surface area contributed by atoms with Gasteiger partial charge in [0.05, 0.1) is 0 Å². The zero-order chi connectivity index (χ0) is 15.4. The quantitative estimate of drug-likeness (QED) is 0.747. The summed E-state index contributed by atoms with van der Waals surface area (Å²) in [7, 11) is 0. The summed E-state index contributed by atoms with van der Waals surface area (Å²) in [6, 6.07) is 4.04. The average Bonchev–Trinajstić information content (AvgIpc) is 2.48. The third-order valence-corrected chi connectivity index (χ3v) is 3.84. The van der Waals surface area contributed by atoms with E-state index in [0.717, 1.165) is 25.7 Å². The van der Waals surface area contributed by atoms with Crippen LogP contribution in [0.15, 0.2) is 18.2 Å². The van der Waals surface area contributed by atoms with Gasteiger partial charge in [0.1, 0.15) is 11.3 Å². The van der Waals surface area contributed by atoms with E-state index in [1.54, 1.807) is 4.90 Å². The summed E-state index contributed by atoms with van der Waals surface area (Å²) in [4.78, 5) is 25.1. The molecule has 6 heteroatoms. The van der Waals surface area contributed by atoms with Gasteiger partial charge in [-0.15, -0.1) is 0 Å². The number of anilines is 1. The molecule has 1 aliphatic heterocycles. The average molecular weight is 292 g/mol. The Balaban J connectivity index is 2.12. The molecule has 1 atom stereocenters. The molecule has 1 aliphatic rings. The number of hydrogen-bond donors (Lipinski definition) is 3. The fraction of sp³-hybridized carbons (Fsp3) is 0.467. The minimum Gasteiger partial charge on any atom is -0.507 e. The summed E-state index contributed by atoms with van der Waals surface area (Å²) in [6.07, 6.45) is 4.02. The molecule has 0 aromatic heterocycles. The van der Waals surface area contributed by atoms with Crippen LogP contribution in [0.2, 0.25) is 0 Å². The monoisotopic (exact) mass is 292 g/mol. The maximum absolute atomic E-state index is 12.3. The van der Waals surface area contributed by atoms with Crippen molar-refractivity contribution in [2.75, 3.05) is 11.9 Å². The smallest absolute Gasteiger partial charge is 0.339 e. The van der Waals surface area contributed by atoms with Gasteiger partial charge < -0.3 is 20.4 Å². The van der Waals surface area contributed by atoms with Gasteiger partial charge in [-0.3, -0.25) is 0 Å². The number of carbonyl (C=O) groups is 2. The van der Waals surface area contributed by atoms with Crippen LogP contribution < -0.4 is 5.32 Å². The molecule has 0 bridgehead atoms. The standard InChI is InChI=1S/C15H20N2O4/c1-2-11-5-3-4-8-17(11)15(21)16-10-6-7-13(18)12(9-10)14(19)20/h6-7,9,11,18H,2-5,8H2,1H3,(H,16,21)(H,19,20). The second-order valence-corrected chi connectivity index (χ2v) is 5.22. The number of phenols is 1. The van der Waals surface area contributed by atoms with E-state index in [2.05, 4.69) is 12.2 Å². The number of benzene rings is 1. The molecule has 114 valence electrons. The molecule has 0 spiro atoms. The first kappa shape index (κ1) is 15.2. The third kappa shape index (κ3) is 3.45. The van der Waals surface area contributed by atoms with Crippen LogP contribution in [0, 0.1) is 0 Å². The molecule has 6 nitrogen and oxygen atoms in total. The number of nitrogens with zero attached hydrogens (tertiary/aromatic N) is 1. The number of nitrogens with one attached hydrogen (secondary N) is 1. The molecule has 1 heterocycles. The lowest BCUT2D eigenvalue weighted by Gasteiger charge is -2.35. The molecule has 3 N–H and O–H groups in total. The van der Waals surface area contributed by atoms with E-state index in [1.165, 1.54) is 18.2 Å². The van der Waals surface area contributed by atoms with Gasteiger partial charge in [0.2, 0.25) is 0 Å². The van der Waals surface area contributed by atoms with Gasteiger partial charge in [-0.25, -0.2) is 9.59 Å². The van der Waals surface area contributed by atoms with Gasteiger partial charge in [-0.2, -0.15) is 0 Å². The number of amides is 2. The largest absolute Gasteiger partial charge is 0.507 e. The SMILES string of the molecule is CCC1CCCCN1C(=O)Nc1ccc(O)c(C(=O)O)c1. The molecule has 0 aliphatic carbocycles. The second-order valence-electron chi connectivity index (χ2n) is 5.22. The Labute approximate surface area is 123 Å². The van der Waals surface area contributed by atoms with Gasteiger partial charge in [0.25, 0.3) is 0 Å². The van der Waals surface area contributed by atoms with Gasteiger partial charge in [0, 0.05) is 18.3 Å². The summed E-state index contributed by atoms with van der Waals surface area (Å²) in [5.41, 5.74) is 0.147. The first-order valence-electron chi connectivity index (χ1n) is 7.17. The highest BCUT2D eigenvalue weighted by atomic mass is 16.4. The van der Waals surface area contributed by atoms with E-state index >= 15 is 0 Å². The van der Waals surface area contributed by atoms with Gasteiger partial charge in [0.15, 0.2) is 0 Å². The summed E-state index contributed by atoms with van der Waals surface area (Å²) in [6.45, 7) is 2.77. The number of aromatic hydroxyl groups is 1. The van der Waals surface area contributed by atoms with E-state index in [4.69, 9.17) is 5.11 Å².